The fourth-order valence-electron chi connectivity index (χ4n) is 8.68. The standard InChI is InChI=1S/C48H50N4O10S.2ClH/c53-38-16-14-36(37-15-18-44(56)50-46(37)38)39(54)27-49-21-4-5-24-59-47(57)41-17-13-35(61-41)30-60-34-11-6-10-33(26-34)45(32-8-2-1-3-9-32)51-48(58)62-42-29-52(22-19-31(42)20-23-52)28-40(55)43-12-7-25-63-43;;/h1-3,6-18,25-26,31,39,42,45,49,54H,4-5,19-24,27-30H2,(H2-,50,51,53,56,58);2*1H. The highest BCUT2D eigenvalue weighted by atomic mass is 35.5. The van der Waals surface area contributed by atoms with E-state index in [4.69, 9.17) is 18.6 Å². The number of nitrogens with one attached hydrogen (secondary N) is 3. The number of esters is 1. The Bertz CT molecular complexity index is 2580. The van der Waals surface area contributed by atoms with Gasteiger partial charge in [0, 0.05) is 36.8 Å². The number of aromatic nitrogens is 1. The maximum Gasteiger partial charge on any atom is 0.408 e. The number of alkyl carbamates (subject to hydrolysis) is 1. The van der Waals surface area contributed by atoms with Gasteiger partial charge in [0.2, 0.25) is 17.1 Å². The second kappa shape index (κ2) is 22.5. The molecule has 3 fully saturated rings. The van der Waals surface area contributed by atoms with Crippen LogP contribution in [0.5, 0.6) is 11.5 Å². The second-order valence-corrected chi connectivity index (χ2v) is 17.2. The number of aliphatic hydroxyl groups is 1. The van der Waals surface area contributed by atoms with Gasteiger partial charge in [-0.15, -0.1) is 23.7 Å². The molecule has 3 unspecified atom stereocenters. The molecule has 3 atom stereocenters. The molecule has 3 aromatic carbocycles. The lowest BCUT2D eigenvalue weighted by Crippen LogP contribution is -3.00. The molecule has 3 aliphatic heterocycles. The van der Waals surface area contributed by atoms with E-state index < -0.39 is 24.2 Å². The number of carbonyl (C=O) groups is 3. The number of ether oxygens (including phenoxy) is 3. The van der Waals surface area contributed by atoms with Crippen LogP contribution in [0.25, 0.3) is 10.9 Å². The number of aromatic amines is 1. The maximum absolute atomic E-state index is 13.6. The molecule has 0 spiro atoms. The monoisotopic (exact) mass is 946 g/mol. The van der Waals surface area contributed by atoms with Gasteiger partial charge < -0.3 is 61.3 Å². The van der Waals surface area contributed by atoms with Crippen LogP contribution in [0, 0.1) is 5.92 Å². The van der Waals surface area contributed by atoms with E-state index in [1.54, 1.807) is 24.3 Å². The highest BCUT2D eigenvalue weighted by molar-refractivity contribution is 7.12. The average molecular weight is 948 g/mol. The van der Waals surface area contributed by atoms with Crippen LogP contribution in [0.4, 0.5) is 4.79 Å². The Balaban J connectivity index is 0.00000350. The van der Waals surface area contributed by atoms with Crippen LogP contribution in [0.15, 0.2) is 118 Å². The molecule has 0 radical (unpaired) electrons. The topological polar surface area (TPSA) is 189 Å². The number of aromatic hydroxyl groups is 1. The molecule has 65 heavy (non-hydrogen) atoms. The van der Waals surface area contributed by atoms with Gasteiger partial charge in [0.1, 0.15) is 37.0 Å². The van der Waals surface area contributed by atoms with Gasteiger partial charge in [0.25, 0.3) is 0 Å². The van der Waals surface area contributed by atoms with Gasteiger partial charge >= 0.3 is 12.1 Å². The van der Waals surface area contributed by atoms with Crippen LogP contribution in [0.1, 0.15) is 80.5 Å². The molecule has 6 heterocycles. The smallest absolute Gasteiger partial charge is 0.408 e. The highest BCUT2D eigenvalue weighted by Gasteiger charge is 2.48. The van der Waals surface area contributed by atoms with Gasteiger partial charge in [0.15, 0.2) is 6.10 Å². The number of phenols is 1. The number of halogens is 2. The summed E-state index contributed by atoms with van der Waals surface area (Å²) in [5.74, 6) is 0.779. The third kappa shape index (κ3) is 12.2. The summed E-state index contributed by atoms with van der Waals surface area (Å²) in [5.41, 5.74) is 2.17. The Morgan fingerprint density at radius 2 is 1.72 bits per heavy atom. The van der Waals surface area contributed by atoms with Crippen molar-refractivity contribution in [1.82, 2.24) is 15.6 Å². The van der Waals surface area contributed by atoms with E-state index >= 15 is 0 Å². The Morgan fingerprint density at radius 3 is 2.51 bits per heavy atom. The first-order valence-electron chi connectivity index (χ1n) is 21.3. The number of phenolic OH excluding ortho intramolecular Hbond substituents is 1. The number of piperidine rings is 3. The summed E-state index contributed by atoms with van der Waals surface area (Å²) >= 11 is 1.47. The van der Waals surface area contributed by atoms with Crippen molar-refractivity contribution in [1.29, 1.82) is 0 Å². The molecular formula is C48H52Cl2N4O10S. The molecule has 3 aromatic heterocycles. The maximum atomic E-state index is 13.6. The molecule has 14 nitrogen and oxygen atoms in total. The van der Waals surface area contributed by atoms with Crippen molar-refractivity contribution >= 4 is 52.5 Å². The second-order valence-electron chi connectivity index (χ2n) is 16.3. The zero-order valence-electron chi connectivity index (χ0n) is 35.5. The number of nitrogens with zero attached hydrogens (tertiary/aromatic N) is 1. The third-order valence-electron chi connectivity index (χ3n) is 12.0. The lowest BCUT2D eigenvalue weighted by Gasteiger charge is -2.51. The minimum Gasteiger partial charge on any atom is -1.00 e. The number of aliphatic hydroxyl groups excluding tert-OH is 1. The first kappa shape index (κ1) is 48.8. The summed E-state index contributed by atoms with van der Waals surface area (Å²) in [6, 6.07) is 29.5. The number of benzene rings is 3. The third-order valence-corrected chi connectivity index (χ3v) is 12.9. The van der Waals surface area contributed by atoms with E-state index in [1.807, 2.05) is 72.1 Å². The predicted molar refractivity (Wildman–Crippen MR) is 243 cm³/mol. The number of thiophene rings is 1. The Hall–Kier alpha value is -5.68. The fraction of sp³-hybridized carbons (Fsp3) is 0.333. The summed E-state index contributed by atoms with van der Waals surface area (Å²) < 4.78 is 24.1. The molecular weight excluding hydrogens is 896 g/mol. The number of hydrogen-bond donors (Lipinski definition) is 5. The summed E-state index contributed by atoms with van der Waals surface area (Å²) in [6.45, 7) is 3.92. The number of rotatable bonds is 19. The van der Waals surface area contributed by atoms with Crippen molar-refractivity contribution in [2.75, 3.05) is 45.9 Å². The van der Waals surface area contributed by atoms with Crippen molar-refractivity contribution < 1.29 is 60.1 Å². The van der Waals surface area contributed by atoms with Gasteiger partial charge in [-0.3, -0.25) is 9.59 Å². The largest absolute Gasteiger partial charge is 1.00 e. The fourth-order valence-corrected chi connectivity index (χ4v) is 9.34. The number of fused-ring (bicyclic) bond motifs is 4. The predicted octanol–water partition coefficient (Wildman–Crippen LogP) is 4.46. The minimum atomic E-state index is -0.866. The normalized spacial score (nSPS) is 18.4. The quantitative estimate of drug-likeness (QED) is 0.0334. The number of quaternary nitrogens is 1. The summed E-state index contributed by atoms with van der Waals surface area (Å²) in [7, 11) is 0. The number of unbranched alkanes of at least 4 members (excludes halogenated alkanes) is 1. The van der Waals surface area contributed by atoms with Gasteiger partial charge in [-0.2, -0.15) is 0 Å². The molecule has 9 rings (SSSR count). The summed E-state index contributed by atoms with van der Waals surface area (Å²) in [4.78, 5) is 54.5. The van der Waals surface area contributed by atoms with Crippen LogP contribution in [-0.4, -0.2) is 89.5 Å². The van der Waals surface area contributed by atoms with Crippen molar-refractivity contribution in [2.45, 2.75) is 50.5 Å². The lowest BCUT2D eigenvalue weighted by molar-refractivity contribution is -0.938. The van der Waals surface area contributed by atoms with Crippen LogP contribution in [0.3, 0.4) is 0 Å². The zero-order chi connectivity index (χ0) is 43.8. The number of Topliss-reactive ketones (excluding diaryl/α,β-unsaturated/α-hetero) is 1. The van der Waals surface area contributed by atoms with E-state index in [1.165, 1.54) is 23.5 Å². The van der Waals surface area contributed by atoms with Crippen LogP contribution >= 0.6 is 23.7 Å². The van der Waals surface area contributed by atoms with Gasteiger partial charge in [-0.25, -0.2) is 9.59 Å². The van der Waals surface area contributed by atoms with Crippen molar-refractivity contribution in [3.05, 3.63) is 152 Å². The molecule has 0 saturated carbocycles. The molecule has 1 amide bonds. The Kier molecular flexibility index (Phi) is 16.9. The number of furan rings is 1. The number of pyridine rings is 1. The molecule has 6 aromatic rings. The summed E-state index contributed by atoms with van der Waals surface area (Å²) in [6.07, 6.45) is 1.44. The zero-order valence-corrected chi connectivity index (χ0v) is 37.9. The van der Waals surface area contributed by atoms with E-state index in [9.17, 15) is 29.4 Å². The molecule has 0 aliphatic carbocycles. The van der Waals surface area contributed by atoms with Crippen LogP contribution < -0.4 is 33.3 Å². The number of amides is 1. The molecule has 3 aliphatic rings. The SMILES string of the molecule is Cl.O=C(NC(c1ccccc1)c1cccc(OCc2ccc(C(=O)OCCCCNCC(O)c3ccc(O)c4[nH]c(=O)ccc34)o2)c1)OC1C[N+]2(CC(=O)c3cccs3)CCC1CC2.[Cl-]. The lowest BCUT2D eigenvalue weighted by atomic mass is 9.83. The van der Waals surface area contributed by atoms with Crippen molar-refractivity contribution in [2.24, 2.45) is 5.92 Å². The molecule has 344 valence electrons. The number of carbonyl (C=O) groups excluding carboxylic acids is 3. The number of hydrogen-bond acceptors (Lipinski definition) is 12. The number of H-pyrrole nitrogens is 1. The van der Waals surface area contributed by atoms with E-state index in [-0.39, 0.29) is 85.0 Å². The average Bonchev–Trinajstić information content (AvgIpc) is 4.02. The van der Waals surface area contributed by atoms with Crippen LogP contribution in [0.2, 0.25) is 0 Å². The first-order chi connectivity index (χ1) is 30.6. The van der Waals surface area contributed by atoms with Gasteiger partial charge in [0.05, 0.1) is 42.2 Å². The summed E-state index contributed by atoms with van der Waals surface area (Å²) in [5, 5.41) is 29.6. The number of ketones is 1. The Morgan fingerprint density at radius 1 is 0.923 bits per heavy atom. The van der Waals surface area contributed by atoms with E-state index in [2.05, 4.69) is 15.6 Å². The van der Waals surface area contributed by atoms with E-state index in [0.29, 0.717) is 59.4 Å². The molecule has 17 heteroatoms. The van der Waals surface area contributed by atoms with Crippen molar-refractivity contribution in [3.8, 4) is 11.5 Å². The van der Waals surface area contributed by atoms with Crippen molar-refractivity contribution in [3.63, 3.8) is 0 Å². The first-order valence-corrected chi connectivity index (χ1v) is 22.2. The Labute approximate surface area is 392 Å². The van der Waals surface area contributed by atoms with Crippen LogP contribution in [-0.2, 0) is 16.1 Å². The highest BCUT2D eigenvalue weighted by Crippen LogP contribution is 2.37. The van der Waals surface area contributed by atoms with E-state index in [0.717, 1.165) is 41.9 Å². The van der Waals surface area contributed by atoms with Gasteiger partial charge in [-0.1, -0.05) is 54.6 Å². The molecule has 3 saturated heterocycles. The minimum absolute atomic E-state index is 0. The van der Waals surface area contributed by atoms with Gasteiger partial charge in [-0.05, 0) is 83.9 Å². The molecule has 5 N–H and O–H groups in total. The molecule has 2 bridgehead atoms.